The molecule has 2 heterocycles. The number of para-hydroxylation sites is 1. The molecule has 0 N–H and O–H groups in total. The van der Waals surface area contributed by atoms with Gasteiger partial charge in [-0.25, -0.2) is 0 Å². The molecule has 0 spiro atoms. The fourth-order valence-corrected chi connectivity index (χ4v) is 5.66. The van der Waals surface area contributed by atoms with Crippen LogP contribution in [0.1, 0.15) is 37.5 Å². The summed E-state index contributed by atoms with van der Waals surface area (Å²) in [5.41, 5.74) is 11.8. The van der Waals surface area contributed by atoms with E-state index in [-0.39, 0.29) is 0 Å². The smallest absolute Gasteiger partial charge is 0.0702 e. The van der Waals surface area contributed by atoms with Crippen molar-refractivity contribution in [1.29, 1.82) is 0 Å². The normalized spacial score (nSPS) is 11.5. The highest BCUT2D eigenvalue weighted by molar-refractivity contribution is 6.14. The van der Waals surface area contributed by atoms with Crippen LogP contribution < -0.4 is 0 Å². The van der Waals surface area contributed by atoms with E-state index < -0.39 is 0 Å². The minimum absolute atomic E-state index is 0.936. The molecule has 43 heavy (non-hydrogen) atoms. The Kier molecular flexibility index (Phi) is 8.93. The summed E-state index contributed by atoms with van der Waals surface area (Å²) >= 11 is 0. The van der Waals surface area contributed by atoms with Gasteiger partial charge in [-0.1, -0.05) is 87.7 Å². The molecule has 3 nitrogen and oxygen atoms in total. The maximum atomic E-state index is 4.61. The van der Waals surface area contributed by atoms with Crippen LogP contribution in [0.2, 0.25) is 0 Å². The molecule has 0 atom stereocenters. The standard InChI is InChI=1S/C38H31N3.C2H6/c1-5-12-34(39-4)29-23-28(24-30(25-29)35-14-10-11-22-40-35)27-16-19-31(20-17-27)41-36-15-9-8-13-33(36)38-32(7-3)26(6-2)18-21-37(38)41;1-2/h5-25H,2-3H2,1,4H3;1-2H3/b12-5-,39-34?;. The van der Waals surface area contributed by atoms with E-state index in [1.54, 1.807) is 0 Å². The first-order chi connectivity index (χ1) is 21.2. The van der Waals surface area contributed by atoms with Crippen LogP contribution >= 0.6 is 0 Å². The van der Waals surface area contributed by atoms with Crippen molar-refractivity contribution in [2.45, 2.75) is 20.8 Å². The summed E-state index contributed by atoms with van der Waals surface area (Å²) in [4.78, 5) is 9.16. The van der Waals surface area contributed by atoms with Crippen LogP contribution in [0.25, 0.3) is 62.0 Å². The molecular formula is C40H37N3. The lowest BCUT2D eigenvalue weighted by Gasteiger charge is -2.13. The van der Waals surface area contributed by atoms with Crippen LogP contribution in [0, 0.1) is 0 Å². The van der Waals surface area contributed by atoms with E-state index in [0.717, 1.165) is 61.5 Å². The highest BCUT2D eigenvalue weighted by atomic mass is 15.0. The summed E-state index contributed by atoms with van der Waals surface area (Å²) in [5.74, 6) is 0. The number of nitrogens with zero attached hydrogens (tertiary/aromatic N) is 3. The monoisotopic (exact) mass is 559 g/mol. The molecule has 6 rings (SSSR count). The van der Waals surface area contributed by atoms with E-state index >= 15 is 0 Å². The van der Waals surface area contributed by atoms with Gasteiger partial charge in [0.15, 0.2) is 0 Å². The zero-order valence-electron chi connectivity index (χ0n) is 25.4. The molecule has 0 saturated carbocycles. The Labute approximate surface area is 254 Å². The molecule has 0 aliphatic heterocycles. The van der Waals surface area contributed by atoms with Crippen LogP contribution in [0.15, 0.2) is 134 Å². The van der Waals surface area contributed by atoms with E-state index in [2.05, 4.69) is 107 Å². The highest BCUT2D eigenvalue weighted by Crippen LogP contribution is 2.37. The van der Waals surface area contributed by atoms with Crippen LogP contribution in [0.4, 0.5) is 0 Å². The average molecular weight is 560 g/mol. The van der Waals surface area contributed by atoms with Gasteiger partial charge in [-0.3, -0.25) is 9.98 Å². The van der Waals surface area contributed by atoms with Gasteiger partial charge in [-0.2, -0.15) is 0 Å². The first-order valence-corrected chi connectivity index (χ1v) is 14.7. The lowest BCUT2D eigenvalue weighted by molar-refractivity contribution is 1.18. The SMILES string of the molecule is C=Cc1ccc2c(c1C=C)c1ccccc1n2-c1ccc(-c2cc(C(/C=C\C)=NC)cc(-c3ccccn3)c2)cc1.CC. The zero-order chi connectivity index (χ0) is 30.3. The predicted molar refractivity (Wildman–Crippen MR) is 188 cm³/mol. The molecule has 0 amide bonds. The van der Waals surface area contributed by atoms with Crippen molar-refractivity contribution in [3.8, 4) is 28.1 Å². The number of allylic oxidation sites excluding steroid dienone is 2. The molecule has 2 aromatic heterocycles. The highest BCUT2D eigenvalue weighted by Gasteiger charge is 2.16. The molecule has 0 aliphatic carbocycles. The fourth-order valence-electron chi connectivity index (χ4n) is 5.66. The molecular weight excluding hydrogens is 522 g/mol. The number of hydrogen-bond acceptors (Lipinski definition) is 2. The Hall–Kier alpha value is -5.28. The van der Waals surface area contributed by atoms with Crippen molar-refractivity contribution >= 4 is 39.7 Å². The van der Waals surface area contributed by atoms with Crippen molar-refractivity contribution < 1.29 is 0 Å². The molecule has 212 valence electrons. The molecule has 0 unspecified atom stereocenters. The van der Waals surface area contributed by atoms with Crippen LogP contribution in [0.5, 0.6) is 0 Å². The van der Waals surface area contributed by atoms with Gasteiger partial charge in [0, 0.05) is 40.8 Å². The third-order valence-electron chi connectivity index (χ3n) is 7.55. The molecule has 3 heteroatoms. The molecule has 0 aliphatic rings. The second-order valence-electron chi connectivity index (χ2n) is 9.89. The summed E-state index contributed by atoms with van der Waals surface area (Å²) in [6.07, 6.45) is 9.73. The minimum atomic E-state index is 0.936. The van der Waals surface area contributed by atoms with Crippen molar-refractivity contribution in [3.05, 3.63) is 145 Å². The van der Waals surface area contributed by atoms with Gasteiger partial charge >= 0.3 is 0 Å². The Balaban J connectivity index is 0.00000180. The quantitative estimate of drug-likeness (QED) is 0.179. The Bertz CT molecular complexity index is 1970. The van der Waals surface area contributed by atoms with E-state index in [4.69, 9.17) is 0 Å². The molecule has 6 aromatic rings. The lowest BCUT2D eigenvalue weighted by atomic mass is 9.95. The predicted octanol–water partition coefficient (Wildman–Crippen LogP) is 10.8. The second-order valence-corrected chi connectivity index (χ2v) is 9.89. The van der Waals surface area contributed by atoms with Crippen molar-refractivity contribution in [2.75, 3.05) is 7.05 Å². The van der Waals surface area contributed by atoms with Crippen LogP contribution in [-0.4, -0.2) is 22.3 Å². The lowest BCUT2D eigenvalue weighted by Crippen LogP contribution is -1.99. The van der Waals surface area contributed by atoms with Crippen molar-refractivity contribution in [2.24, 2.45) is 4.99 Å². The van der Waals surface area contributed by atoms with Crippen LogP contribution in [-0.2, 0) is 0 Å². The Morgan fingerprint density at radius 2 is 1.51 bits per heavy atom. The first kappa shape index (κ1) is 29.2. The van der Waals surface area contributed by atoms with Gasteiger partial charge in [0.2, 0.25) is 0 Å². The molecule has 4 aromatic carbocycles. The largest absolute Gasteiger partial charge is 0.309 e. The molecule has 0 bridgehead atoms. The maximum absolute atomic E-state index is 4.61. The van der Waals surface area contributed by atoms with E-state index in [9.17, 15) is 0 Å². The summed E-state index contributed by atoms with van der Waals surface area (Å²) in [6, 6.07) is 34.2. The molecule has 0 radical (unpaired) electrons. The van der Waals surface area contributed by atoms with E-state index in [1.165, 1.54) is 10.8 Å². The maximum Gasteiger partial charge on any atom is 0.0702 e. The third kappa shape index (κ3) is 5.50. The Morgan fingerprint density at radius 3 is 2.19 bits per heavy atom. The number of pyridine rings is 1. The summed E-state index contributed by atoms with van der Waals surface area (Å²) < 4.78 is 2.33. The second kappa shape index (κ2) is 13.1. The van der Waals surface area contributed by atoms with Gasteiger partial charge in [0.1, 0.15) is 0 Å². The third-order valence-corrected chi connectivity index (χ3v) is 7.55. The average Bonchev–Trinajstić information content (AvgIpc) is 3.42. The number of aliphatic imine (C=N–C) groups is 1. The van der Waals surface area contributed by atoms with Crippen molar-refractivity contribution in [1.82, 2.24) is 9.55 Å². The number of rotatable bonds is 7. The minimum Gasteiger partial charge on any atom is -0.309 e. The van der Waals surface area contributed by atoms with Gasteiger partial charge in [0.25, 0.3) is 0 Å². The zero-order valence-corrected chi connectivity index (χ0v) is 25.4. The number of aromatic nitrogens is 2. The number of hydrogen-bond donors (Lipinski definition) is 0. The number of benzene rings is 4. The van der Waals surface area contributed by atoms with Gasteiger partial charge < -0.3 is 4.57 Å². The number of fused-ring (bicyclic) bond motifs is 3. The van der Waals surface area contributed by atoms with Gasteiger partial charge in [-0.15, -0.1) is 0 Å². The van der Waals surface area contributed by atoms with Gasteiger partial charge in [0.05, 0.1) is 22.4 Å². The van der Waals surface area contributed by atoms with Crippen molar-refractivity contribution in [3.63, 3.8) is 0 Å². The van der Waals surface area contributed by atoms with Gasteiger partial charge in [-0.05, 0) is 89.9 Å². The first-order valence-electron chi connectivity index (χ1n) is 14.7. The van der Waals surface area contributed by atoms with Crippen LogP contribution in [0.3, 0.4) is 0 Å². The summed E-state index contributed by atoms with van der Waals surface area (Å²) in [5, 5.41) is 2.40. The molecule has 0 saturated heterocycles. The summed E-state index contributed by atoms with van der Waals surface area (Å²) in [6.45, 7) is 14.1. The van der Waals surface area contributed by atoms with E-state index in [0.29, 0.717) is 0 Å². The topological polar surface area (TPSA) is 30.2 Å². The molecule has 0 fully saturated rings. The fraction of sp³-hybridized carbons (Fsp3) is 0.100. The summed E-state index contributed by atoms with van der Waals surface area (Å²) in [7, 11) is 1.83. The Morgan fingerprint density at radius 1 is 0.767 bits per heavy atom. The van der Waals surface area contributed by atoms with E-state index in [1.807, 2.05) is 76.5 Å².